The van der Waals surface area contributed by atoms with Gasteiger partial charge in [0.15, 0.2) is 12.2 Å². The molecule has 0 heterocycles. The van der Waals surface area contributed by atoms with Gasteiger partial charge < -0.3 is 33.8 Å². The zero-order chi connectivity index (χ0) is 75.8. The Bertz CT molecular complexity index is 1990. The quantitative estimate of drug-likeness (QED) is 0.0222. The van der Waals surface area contributed by atoms with Crippen LogP contribution in [0.3, 0.4) is 0 Å². The van der Waals surface area contributed by atoms with Gasteiger partial charge in [-0.2, -0.15) is 0 Å². The van der Waals surface area contributed by atoms with Crippen LogP contribution in [0.25, 0.3) is 0 Å². The first kappa shape index (κ1) is 101. The van der Waals surface area contributed by atoms with Crippen LogP contribution >= 0.6 is 15.6 Å². The van der Waals surface area contributed by atoms with E-state index in [-0.39, 0.29) is 25.7 Å². The Hall–Kier alpha value is -1.94. The van der Waals surface area contributed by atoms with E-state index in [9.17, 15) is 43.2 Å². The molecule has 19 heteroatoms. The van der Waals surface area contributed by atoms with Crippen LogP contribution in [0.4, 0.5) is 0 Å². The van der Waals surface area contributed by atoms with Crippen LogP contribution in [0.1, 0.15) is 440 Å². The first-order valence-electron chi connectivity index (χ1n) is 43.3. The van der Waals surface area contributed by atoms with Gasteiger partial charge in [-0.15, -0.1) is 0 Å². The fourth-order valence-corrected chi connectivity index (χ4v) is 14.6. The molecule has 103 heavy (non-hydrogen) atoms. The largest absolute Gasteiger partial charge is 0.472 e. The highest BCUT2D eigenvalue weighted by molar-refractivity contribution is 7.47. The summed E-state index contributed by atoms with van der Waals surface area (Å²) in [5.41, 5.74) is 0. The van der Waals surface area contributed by atoms with Crippen molar-refractivity contribution in [2.75, 3.05) is 39.6 Å². The minimum atomic E-state index is -4.96. The molecule has 2 unspecified atom stereocenters. The van der Waals surface area contributed by atoms with Crippen molar-refractivity contribution in [2.24, 2.45) is 17.8 Å². The lowest BCUT2D eigenvalue weighted by molar-refractivity contribution is -0.161. The highest BCUT2D eigenvalue weighted by Crippen LogP contribution is 2.45. The third kappa shape index (κ3) is 78.0. The zero-order valence-corrected chi connectivity index (χ0v) is 69.6. The molecule has 0 bridgehead atoms. The summed E-state index contributed by atoms with van der Waals surface area (Å²) in [7, 11) is -9.92. The number of unbranched alkanes of at least 4 members (excludes halogenated alkanes) is 50. The fourth-order valence-electron chi connectivity index (χ4n) is 13.0. The van der Waals surface area contributed by atoms with E-state index >= 15 is 0 Å². The van der Waals surface area contributed by atoms with Crippen LogP contribution in [0.5, 0.6) is 0 Å². The lowest BCUT2D eigenvalue weighted by atomic mass is 10.0. The molecule has 0 amide bonds. The number of carbonyl (C=O) groups is 4. The van der Waals surface area contributed by atoms with Crippen LogP contribution < -0.4 is 0 Å². The molecule has 0 saturated carbocycles. The van der Waals surface area contributed by atoms with Gasteiger partial charge in [0.1, 0.15) is 19.3 Å². The van der Waals surface area contributed by atoms with Crippen molar-refractivity contribution < 1.29 is 80.2 Å². The van der Waals surface area contributed by atoms with Gasteiger partial charge in [-0.05, 0) is 43.4 Å². The van der Waals surface area contributed by atoms with Gasteiger partial charge in [-0.25, -0.2) is 9.13 Å². The maximum atomic E-state index is 13.1. The van der Waals surface area contributed by atoms with E-state index in [0.29, 0.717) is 31.6 Å². The normalized spacial score (nSPS) is 13.9. The minimum Gasteiger partial charge on any atom is -0.462 e. The number of aliphatic hydroxyl groups is 1. The Labute approximate surface area is 632 Å². The molecular weight excluding hydrogens is 1340 g/mol. The summed E-state index contributed by atoms with van der Waals surface area (Å²) in [4.78, 5) is 73.1. The molecule has 0 rings (SSSR count). The molecule has 0 radical (unpaired) electrons. The molecule has 0 aliphatic rings. The van der Waals surface area contributed by atoms with E-state index in [2.05, 4.69) is 48.5 Å². The third-order valence-electron chi connectivity index (χ3n) is 19.6. The molecular formula is C84H164O17P2. The fraction of sp³-hybridized carbons (Fsp3) is 0.952. The topological polar surface area (TPSA) is 237 Å². The average molecular weight is 1510 g/mol. The van der Waals surface area contributed by atoms with Gasteiger partial charge in [0, 0.05) is 25.7 Å². The van der Waals surface area contributed by atoms with Crippen LogP contribution in [-0.4, -0.2) is 96.7 Å². The van der Waals surface area contributed by atoms with Crippen molar-refractivity contribution in [3.8, 4) is 0 Å². The van der Waals surface area contributed by atoms with Gasteiger partial charge in [0.05, 0.1) is 26.4 Å². The van der Waals surface area contributed by atoms with Crippen LogP contribution in [0.2, 0.25) is 0 Å². The maximum absolute atomic E-state index is 13.1. The molecule has 0 spiro atoms. The SMILES string of the molecule is CCCCCCCCCCCCCCCCCCCCCCC(=O)O[C@H](COC(=O)CCCCCCCCCCCCCCCCCCC(C)C)COP(=O)(O)OC[C@@H](O)COP(=O)(O)OC[C@@H](COC(=O)CCCCCCCCC(C)C)OC(=O)CCCCCCCCCCCCCCC(C)C. The van der Waals surface area contributed by atoms with Crippen LogP contribution in [-0.2, 0) is 65.4 Å². The van der Waals surface area contributed by atoms with Gasteiger partial charge in [-0.1, -0.05) is 389 Å². The summed E-state index contributed by atoms with van der Waals surface area (Å²) >= 11 is 0. The van der Waals surface area contributed by atoms with E-state index in [4.69, 9.17) is 37.0 Å². The monoisotopic (exact) mass is 1510 g/mol. The molecule has 0 aromatic heterocycles. The number of phosphoric ester groups is 2. The molecule has 0 aliphatic heterocycles. The summed E-state index contributed by atoms with van der Waals surface area (Å²) in [6, 6.07) is 0. The van der Waals surface area contributed by atoms with Crippen molar-refractivity contribution in [1.29, 1.82) is 0 Å². The summed E-state index contributed by atoms with van der Waals surface area (Å²) in [5.74, 6) is 0.159. The molecule has 0 aliphatic carbocycles. The number of esters is 4. The van der Waals surface area contributed by atoms with E-state index in [1.54, 1.807) is 0 Å². The molecule has 0 fully saturated rings. The second-order valence-corrected chi connectivity index (χ2v) is 34.6. The number of hydrogen-bond donors (Lipinski definition) is 3. The third-order valence-corrected chi connectivity index (χ3v) is 21.5. The smallest absolute Gasteiger partial charge is 0.462 e. The van der Waals surface area contributed by atoms with Gasteiger partial charge in [-0.3, -0.25) is 37.3 Å². The second kappa shape index (κ2) is 74.2. The molecule has 5 atom stereocenters. The Morgan fingerprint density at radius 1 is 0.262 bits per heavy atom. The number of rotatable bonds is 82. The van der Waals surface area contributed by atoms with Crippen molar-refractivity contribution >= 4 is 39.5 Å². The Morgan fingerprint density at radius 2 is 0.447 bits per heavy atom. The molecule has 3 N–H and O–H groups in total. The Balaban J connectivity index is 5.22. The Morgan fingerprint density at radius 3 is 0.660 bits per heavy atom. The molecule has 0 aromatic carbocycles. The van der Waals surface area contributed by atoms with Crippen molar-refractivity contribution in [3.63, 3.8) is 0 Å². The Kier molecular flexibility index (Phi) is 72.8. The highest BCUT2D eigenvalue weighted by Gasteiger charge is 2.30. The number of carbonyl (C=O) groups excluding carboxylic acids is 4. The number of ether oxygens (including phenoxy) is 4. The minimum absolute atomic E-state index is 0.106. The number of hydrogen-bond acceptors (Lipinski definition) is 15. The predicted octanol–water partition coefficient (Wildman–Crippen LogP) is 25.3. The van der Waals surface area contributed by atoms with Crippen LogP contribution in [0.15, 0.2) is 0 Å². The van der Waals surface area contributed by atoms with Gasteiger partial charge >= 0.3 is 39.5 Å². The summed E-state index contributed by atoms with van der Waals surface area (Å²) < 4.78 is 68.8. The summed E-state index contributed by atoms with van der Waals surface area (Å²) in [6.07, 6.45) is 64.1. The van der Waals surface area contributed by atoms with Gasteiger partial charge in [0.2, 0.25) is 0 Å². The lowest BCUT2D eigenvalue weighted by Crippen LogP contribution is -2.30. The average Bonchev–Trinajstić information content (AvgIpc) is 0.916. The lowest BCUT2D eigenvalue weighted by Gasteiger charge is -2.21. The first-order chi connectivity index (χ1) is 49.7. The molecule has 612 valence electrons. The van der Waals surface area contributed by atoms with Gasteiger partial charge in [0.25, 0.3) is 0 Å². The number of aliphatic hydroxyl groups excluding tert-OH is 1. The van der Waals surface area contributed by atoms with E-state index in [0.717, 1.165) is 108 Å². The second-order valence-electron chi connectivity index (χ2n) is 31.6. The van der Waals surface area contributed by atoms with E-state index < -0.39 is 97.5 Å². The first-order valence-corrected chi connectivity index (χ1v) is 46.3. The summed E-state index contributed by atoms with van der Waals surface area (Å²) in [5, 5.41) is 10.7. The van der Waals surface area contributed by atoms with E-state index in [1.165, 1.54) is 244 Å². The standard InChI is InChI=1S/C84H164O17P2/c1-8-9-10-11-12-13-14-15-16-17-18-19-20-25-28-34-39-44-53-60-67-83(88)100-79(71-94-81(86)65-58-51-43-38-33-27-24-22-21-23-26-31-36-41-48-55-62-75(2)3)73-98-102(90,91)96-69-78(85)70-97-103(92,93)99-74-80(72-95-82(87)66-59-52-47-46-50-57-64-77(6)7)101-84(89)68-61-54-45-40-35-30-29-32-37-42-49-56-63-76(4)5/h75-80,85H,8-74H2,1-7H3,(H,90,91)(H,92,93)/t78-,79-,80-/m1/s1. The summed E-state index contributed by atoms with van der Waals surface area (Å²) in [6.45, 7) is 11.9. The number of phosphoric acid groups is 2. The predicted molar refractivity (Wildman–Crippen MR) is 423 cm³/mol. The van der Waals surface area contributed by atoms with Crippen LogP contribution in [0, 0.1) is 17.8 Å². The highest BCUT2D eigenvalue weighted by atomic mass is 31.2. The maximum Gasteiger partial charge on any atom is 0.472 e. The van der Waals surface area contributed by atoms with E-state index in [1.807, 2.05) is 0 Å². The molecule has 0 saturated heterocycles. The van der Waals surface area contributed by atoms with Crippen molar-refractivity contribution in [2.45, 2.75) is 458 Å². The van der Waals surface area contributed by atoms with Crippen molar-refractivity contribution in [3.05, 3.63) is 0 Å². The molecule has 0 aromatic rings. The molecule has 17 nitrogen and oxygen atoms in total. The zero-order valence-electron chi connectivity index (χ0n) is 67.8. The van der Waals surface area contributed by atoms with Crippen molar-refractivity contribution in [1.82, 2.24) is 0 Å².